The van der Waals surface area contributed by atoms with Gasteiger partial charge in [-0.1, -0.05) is 11.8 Å². The molecule has 0 saturated carbocycles. The first-order valence-electron chi connectivity index (χ1n) is 5.76. The monoisotopic (exact) mass is 209 g/mol. The van der Waals surface area contributed by atoms with Gasteiger partial charge in [-0.2, -0.15) is 0 Å². The van der Waals surface area contributed by atoms with Gasteiger partial charge in [-0.15, -0.1) is 0 Å². The topological polar surface area (TPSA) is 12.5 Å². The third kappa shape index (κ3) is 5.20. The van der Waals surface area contributed by atoms with E-state index >= 15 is 0 Å². The highest BCUT2D eigenvalue weighted by Gasteiger charge is 2.17. The van der Waals surface area contributed by atoms with Crippen molar-refractivity contribution in [3.05, 3.63) is 0 Å². The second-order valence-electron chi connectivity index (χ2n) is 5.26. The highest BCUT2D eigenvalue weighted by molar-refractivity contribution is 5.08. The first-order chi connectivity index (χ1) is 7.01. The first-order valence-corrected chi connectivity index (χ1v) is 5.76. The summed E-state index contributed by atoms with van der Waals surface area (Å²) in [6.07, 6.45) is 2.76. The second kappa shape index (κ2) is 5.53. The van der Waals surface area contributed by atoms with Crippen LogP contribution in [0.1, 0.15) is 33.6 Å². The Morgan fingerprint density at radius 2 is 1.87 bits per heavy atom. The second-order valence-corrected chi connectivity index (χ2v) is 5.26. The molecule has 0 aromatic carbocycles. The average molecular weight is 209 g/mol. The quantitative estimate of drug-likeness (QED) is 0.646. The summed E-state index contributed by atoms with van der Waals surface area (Å²) in [5.74, 6) is 6.53. The van der Waals surface area contributed by atoms with Gasteiger partial charge in [-0.3, -0.25) is 4.90 Å². The Morgan fingerprint density at radius 1 is 1.27 bits per heavy atom. The Kier molecular flexibility index (Phi) is 4.63. The Balaban J connectivity index is 2.26. The molecule has 2 nitrogen and oxygen atoms in total. The van der Waals surface area contributed by atoms with Gasteiger partial charge in [0.1, 0.15) is 0 Å². The van der Waals surface area contributed by atoms with Gasteiger partial charge in [-0.05, 0) is 33.6 Å². The van der Waals surface area contributed by atoms with E-state index in [2.05, 4.69) is 37.5 Å². The van der Waals surface area contributed by atoms with Crippen molar-refractivity contribution in [2.45, 2.75) is 39.7 Å². The first kappa shape index (κ1) is 12.5. The Morgan fingerprint density at radius 3 is 2.33 bits per heavy atom. The van der Waals surface area contributed by atoms with Crippen molar-refractivity contribution in [1.82, 2.24) is 4.90 Å². The minimum atomic E-state index is 0.130. The molecular formula is C13H23NO. The lowest BCUT2D eigenvalue weighted by Gasteiger charge is -2.29. The molecule has 2 heteroatoms. The van der Waals surface area contributed by atoms with E-state index in [9.17, 15) is 0 Å². The molecule has 0 bridgehead atoms. The normalized spacial score (nSPS) is 19.7. The molecule has 86 valence electrons. The van der Waals surface area contributed by atoms with Crippen LogP contribution in [0.2, 0.25) is 0 Å². The minimum Gasteiger partial charge on any atom is -0.381 e. The summed E-state index contributed by atoms with van der Waals surface area (Å²) in [5, 5.41) is 0. The van der Waals surface area contributed by atoms with E-state index in [1.807, 2.05) is 0 Å². The van der Waals surface area contributed by atoms with Crippen LogP contribution < -0.4 is 0 Å². The maximum absolute atomic E-state index is 5.34. The van der Waals surface area contributed by atoms with Crippen LogP contribution in [-0.2, 0) is 4.74 Å². The fraction of sp³-hybridized carbons (Fsp3) is 0.846. The number of ether oxygens (including phenoxy) is 1. The standard InChI is InChI=1S/C13H23NO/c1-13(2,3)8-5-9-14-10-6-12(15-4)7-11-14/h12H,6-7,9-11H2,1-4H3. The number of hydrogen-bond acceptors (Lipinski definition) is 2. The SMILES string of the molecule is COC1CCN(CC#CC(C)(C)C)CC1. The minimum absolute atomic E-state index is 0.130. The molecule has 1 fully saturated rings. The third-order valence-corrected chi connectivity index (χ3v) is 2.63. The van der Waals surface area contributed by atoms with Gasteiger partial charge >= 0.3 is 0 Å². The number of likely N-dealkylation sites (tertiary alicyclic amines) is 1. The van der Waals surface area contributed by atoms with Crippen LogP contribution in [-0.4, -0.2) is 37.7 Å². The van der Waals surface area contributed by atoms with Crippen LogP contribution in [0.25, 0.3) is 0 Å². The van der Waals surface area contributed by atoms with Gasteiger partial charge in [0.05, 0.1) is 12.6 Å². The van der Waals surface area contributed by atoms with Crippen molar-refractivity contribution >= 4 is 0 Å². The van der Waals surface area contributed by atoms with E-state index in [0.29, 0.717) is 6.10 Å². The lowest BCUT2D eigenvalue weighted by molar-refractivity contribution is 0.0450. The van der Waals surface area contributed by atoms with E-state index in [1.165, 1.54) is 0 Å². The van der Waals surface area contributed by atoms with Crippen LogP contribution in [0.4, 0.5) is 0 Å². The van der Waals surface area contributed by atoms with Crippen LogP contribution in [0, 0.1) is 17.3 Å². The maximum Gasteiger partial charge on any atom is 0.0601 e. The predicted octanol–water partition coefficient (Wildman–Crippen LogP) is 2.15. The van der Waals surface area contributed by atoms with Gasteiger partial charge in [0.2, 0.25) is 0 Å². The van der Waals surface area contributed by atoms with Gasteiger partial charge < -0.3 is 4.74 Å². The van der Waals surface area contributed by atoms with E-state index in [1.54, 1.807) is 7.11 Å². The predicted molar refractivity (Wildman–Crippen MR) is 63.7 cm³/mol. The number of nitrogens with zero attached hydrogens (tertiary/aromatic N) is 1. The van der Waals surface area contributed by atoms with Crippen LogP contribution >= 0.6 is 0 Å². The summed E-state index contributed by atoms with van der Waals surface area (Å²) in [7, 11) is 1.81. The number of hydrogen-bond donors (Lipinski definition) is 0. The van der Waals surface area contributed by atoms with Crippen molar-refractivity contribution in [2.24, 2.45) is 5.41 Å². The highest BCUT2D eigenvalue weighted by Crippen LogP contribution is 2.13. The van der Waals surface area contributed by atoms with Crippen LogP contribution in [0.15, 0.2) is 0 Å². The molecule has 1 aliphatic heterocycles. The zero-order valence-corrected chi connectivity index (χ0v) is 10.5. The van der Waals surface area contributed by atoms with Gasteiger partial charge in [0.15, 0.2) is 0 Å². The van der Waals surface area contributed by atoms with Crippen molar-refractivity contribution in [2.75, 3.05) is 26.7 Å². The molecule has 1 rings (SSSR count). The zero-order valence-electron chi connectivity index (χ0n) is 10.5. The molecule has 1 saturated heterocycles. The molecule has 15 heavy (non-hydrogen) atoms. The average Bonchev–Trinajstić information content (AvgIpc) is 2.17. The maximum atomic E-state index is 5.34. The molecule has 0 amide bonds. The largest absolute Gasteiger partial charge is 0.381 e. The van der Waals surface area contributed by atoms with E-state index < -0.39 is 0 Å². The fourth-order valence-electron chi connectivity index (χ4n) is 1.72. The molecule has 0 unspecified atom stereocenters. The molecular weight excluding hydrogens is 186 g/mol. The van der Waals surface area contributed by atoms with E-state index in [4.69, 9.17) is 4.74 Å². The number of rotatable bonds is 2. The molecule has 0 atom stereocenters. The lowest BCUT2D eigenvalue weighted by Crippen LogP contribution is -2.36. The van der Waals surface area contributed by atoms with Crippen molar-refractivity contribution in [3.8, 4) is 11.8 Å². The molecule has 0 aromatic heterocycles. The summed E-state index contributed by atoms with van der Waals surface area (Å²) >= 11 is 0. The van der Waals surface area contributed by atoms with E-state index in [0.717, 1.165) is 32.5 Å². The Labute approximate surface area is 94.0 Å². The molecule has 1 aliphatic rings. The van der Waals surface area contributed by atoms with Crippen LogP contribution in [0.5, 0.6) is 0 Å². The van der Waals surface area contributed by atoms with Gasteiger partial charge in [0, 0.05) is 25.6 Å². The lowest BCUT2D eigenvalue weighted by atomic mass is 9.98. The molecule has 1 heterocycles. The van der Waals surface area contributed by atoms with Crippen LogP contribution in [0.3, 0.4) is 0 Å². The number of methoxy groups -OCH3 is 1. The molecule has 0 aliphatic carbocycles. The summed E-state index contributed by atoms with van der Waals surface area (Å²) in [5.41, 5.74) is 0.130. The zero-order chi connectivity index (χ0) is 11.3. The van der Waals surface area contributed by atoms with Crippen molar-refractivity contribution in [1.29, 1.82) is 0 Å². The summed E-state index contributed by atoms with van der Waals surface area (Å²) < 4.78 is 5.34. The third-order valence-electron chi connectivity index (χ3n) is 2.63. The number of piperidine rings is 1. The molecule has 0 radical (unpaired) electrons. The van der Waals surface area contributed by atoms with Gasteiger partial charge in [-0.25, -0.2) is 0 Å². The fourth-order valence-corrected chi connectivity index (χ4v) is 1.72. The van der Waals surface area contributed by atoms with Crippen molar-refractivity contribution < 1.29 is 4.74 Å². The van der Waals surface area contributed by atoms with Crippen molar-refractivity contribution in [3.63, 3.8) is 0 Å². The van der Waals surface area contributed by atoms with Gasteiger partial charge in [0.25, 0.3) is 0 Å². The van der Waals surface area contributed by atoms with E-state index in [-0.39, 0.29) is 5.41 Å². The smallest absolute Gasteiger partial charge is 0.0601 e. The Bertz CT molecular complexity index is 235. The summed E-state index contributed by atoms with van der Waals surface area (Å²) in [6.45, 7) is 9.60. The Hall–Kier alpha value is -0.520. The molecule has 0 N–H and O–H groups in total. The highest BCUT2D eigenvalue weighted by atomic mass is 16.5. The summed E-state index contributed by atoms with van der Waals surface area (Å²) in [4.78, 5) is 2.41. The summed E-state index contributed by atoms with van der Waals surface area (Å²) in [6, 6.07) is 0. The molecule has 0 aromatic rings. The molecule has 0 spiro atoms.